The number of hydrogen-bond acceptors (Lipinski definition) is 10. The van der Waals surface area contributed by atoms with Crippen LogP contribution in [0.3, 0.4) is 0 Å². The minimum absolute atomic E-state index is 0.136. The molecule has 0 amide bonds. The highest BCUT2D eigenvalue weighted by Crippen LogP contribution is 2.38. The maximum Gasteiger partial charge on any atom is 0.338 e. The molecule has 1 aliphatic rings. The van der Waals surface area contributed by atoms with Gasteiger partial charge in [0.15, 0.2) is 16.3 Å². The van der Waals surface area contributed by atoms with Crippen molar-refractivity contribution in [3.8, 4) is 17.2 Å². The van der Waals surface area contributed by atoms with Gasteiger partial charge in [0.2, 0.25) is 0 Å². The van der Waals surface area contributed by atoms with Gasteiger partial charge in [-0.2, -0.15) is 0 Å². The van der Waals surface area contributed by atoms with E-state index in [4.69, 9.17) is 28.7 Å². The van der Waals surface area contributed by atoms with Crippen LogP contribution in [0.4, 0.5) is 0 Å². The summed E-state index contributed by atoms with van der Waals surface area (Å²) in [5, 5.41) is 0. The maximum absolute atomic E-state index is 14.6. The van der Waals surface area contributed by atoms with Gasteiger partial charge in [0.25, 0.3) is 5.56 Å². The molecule has 10 nitrogen and oxygen atoms in total. The largest absolute Gasteiger partial charge is 0.493 e. The zero-order chi connectivity index (χ0) is 37.6. The number of ether oxygens (including phenoxy) is 5. The van der Waals surface area contributed by atoms with Crippen LogP contribution in [-0.4, -0.2) is 43.9 Å². The Morgan fingerprint density at radius 1 is 0.868 bits per heavy atom. The number of carbonyl (C=O) groups is 2. The maximum atomic E-state index is 14.6. The first-order valence-corrected chi connectivity index (χ1v) is 19.5. The van der Waals surface area contributed by atoms with Gasteiger partial charge in [-0.25, -0.2) is 14.6 Å². The molecule has 0 fully saturated rings. The van der Waals surface area contributed by atoms with Gasteiger partial charge in [-0.3, -0.25) is 9.36 Å². The summed E-state index contributed by atoms with van der Waals surface area (Å²) in [5.41, 5.74) is 3.64. The van der Waals surface area contributed by atoms with Crippen molar-refractivity contribution in [2.45, 2.75) is 26.5 Å². The summed E-state index contributed by atoms with van der Waals surface area (Å²) < 4.78 is 32.0. The molecular formula is C40H34I2N2O8S. The molecule has 13 heteroatoms. The highest BCUT2D eigenvalue weighted by Gasteiger charge is 2.35. The van der Waals surface area contributed by atoms with Crippen molar-refractivity contribution < 1.29 is 33.3 Å². The van der Waals surface area contributed by atoms with Crippen LogP contribution in [0.2, 0.25) is 0 Å². The highest BCUT2D eigenvalue weighted by atomic mass is 127. The fourth-order valence-electron chi connectivity index (χ4n) is 5.87. The third-order valence-corrected chi connectivity index (χ3v) is 10.7. The molecule has 1 aromatic heterocycles. The van der Waals surface area contributed by atoms with Crippen molar-refractivity contribution in [2.75, 3.05) is 27.4 Å². The average Bonchev–Trinajstić information content (AvgIpc) is 3.47. The topological polar surface area (TPSA) is 115 Å². The fraction of sp³-hybridized carbons (Fsp3) is 0.200. The number of halogens is 2. The predicted molar refractivity (Wildman–Crippen MR) is 219 cm³/mol. The van der Waals surface area contributed by atoms with Crippen molar-refractivity contribution in [1.82, 2.24) is 4.57 Å². The van der Waals surface area contributed by atoms with Gasteiger partial charge in [-0.1, -0.05) is 59.9 Å². The molecule has 1 atom stereocenters. The fourth-order valence-corrected chi connectivity index (χ4v) is 8.90. The number of thiazole rings is 1. The number of methoxy groups -OCH3 is 2. The molecular weight excluding hydrogens is 922 g/mol. The van der Waals surface area contributed by atoms with E-state index in [1.54, 1.807) is 55.9 Å². The molecule has 272 valence electrons. The van der Waals surface area contributed by atoms with E-state index >= 15 is 0 Å². The van der Waals surface area contributed by atoms with E-state index < -0.39 is 12.0 Å². The van der Waals surface area contributed by atoms with Crippen LogP contribution in [0, 0.1) is 7.14 Å². The second-order valence-corrected chi connectivity index (χ2v) is 15.0. The first-order valence-electron chi connectivity index (χ1n) is 16.6. The quantitative estimate of drug-likeness (QED) is 0.0980. The van der Waals surface area contributed by atoms with E-state index in [9.17, 15) is 14.4 Å². The molecule has 0 bridgehead atoms. The van der Waals surface area contributed by atoms with Crippen LogP contribution < -0.4 is 29.1 Å². The van der Waals surface area contributed by atoms with E-state index in [1.165, 1.54) is 18.4 Å². The summed E-state index contributed by atoms with van der Waals surface area (Å²) in [4.78, 5) is 46.0. The minimum atomic E-state index is -0.896. The number of rotatable bonds is 12. The Labute approximate surface area is 337 Å². The number of fused-ring (bicyclic) bond motifs is 1. The molecule has 0 radical (unpaired) electrons. The number of hydrogen-bond donors (Lipinski definition) is 0. The second-order valence-electron chi connectivity index (χ2n) is 11.6. The lowest BCUT2D eigenvalue weighted by molar-refractivity contribution is -0.138. The Hall–Kier alpha value is -4.48. The number of esters is 2. The Morgan fingerprint density at radius 3 is 2.25 bits per heavy atom. The Bertz CT molecular complexity index is 2390. The molecule has 4 aromatic carbocycles. The third kappa shape index (κ3) is 8.21. The number of aromatic nitrogens is 1. The van der Waals surface area contributed by atoms with E-state index in [0.717, 1.165) is 12.7 Å². The molecule has 0 unspecified atom stereocenters. The zero-order valence-electron chi connectivity index (χ0n) is 29.2. The highest BCUT2D eigenvalue weighted by molar-refractivity contribution is 14.1. The SMILES string of the molecule is CCOC(=O)C1=C(c2ccccc2)N=c2s/c(=C\c3cc(I)cc(I)c3OCc3ccc(C(=O)OCC)cc3)c(=O)n2[C@@H]1c1ccc(OC)c(OC)c1. The van der Waals surface area contributed by atoms with Crippen molar-refractivity contribution in [2.24, 2.45) is 4.99 Å². The van der Waals surface area contributed by atoms with E-state index in [1.807, 2.05) is 60.7 Å². The summed E-state index contributed by atoms with van der Waals surface area (Å²) in [7, 11) is 3.08. The molecule has 6 rings (SSSR count). The molecule has 0 saturated carbocycles. The Morgan fingerprint density at radius 2 is 1.57 bits per heavy atom. The first kappa shape index (κ1) is 38.3. The van der Waals surface area contributed by atoms with Crippen LogP contribution in [0.1, 0.15) is 52.5 Å². The summed E-state index contributed by atoms with van der Waals surface area (Å²) in [6.07, 6.45) is 1.80. The van der Waals surface area contributed by atoms with Crippen molar-refractivity contribution in [1.29, 1.82) is 0 Å². The number of benzene rings is 4. The summed E-state index contributed by atoms with van der Waals surface area (Å²) in [6, 6.07) is 24.8. The van der Waals surface area contributed by atoms with E-state index in [0.29, 0.717) is 61.1 Å². The smallest absolute Gasteiger partial charge is 0.338 e. The van der Waals surface area contributed by atoms with Crippen LogP contribution in [0.5, 0.6) is 17.2 Å². The normalized spacial score (nSPS) is 13.9. The second kappa shape index (κ2) is 17.1. The minimum Gasteiger partial charge on any atom is -0.493 e. The average molecular weight is 957 g/mol. The molecule has 53 heavy (non-hydrogen) atoms. The molecule has 0 saturated heterocycles. The number of nitrogens with zero attached hydrogens (tertiary/aromatic N) is 2. The zero-order valence-corrected chi connectivity index (χ0v) is 34.3. The van der Waals surface area contributed by atoms with Gasteiger partial charge in [0.1, 0.15) is 12.4 Å². The van der Waals surface area contributed by atoms with Crippen molar-refractivity contribution >= 4 is 80.2 Å². The summed E-state index contributed by atoms with van der Waals surface area (Å²) in [5.74, 6) is 0.584. The third-order valence-electron chi connectivity index (χ3n) is 8.27. The molecule has 1 aliphatic heterocycles. The Kier molecular flexibility index (Phi) is 12.4. The van der Waals surface area contributed by atoms with Gasteiger partial charge in [-0.05, 0) is 113 Å². The van der Waals surface area contributed by atoms with Crippen molar-refractivity contribution in [3.63, 3.8) is 0 Å². The standard InChI is InChI=1S/C40H34I2N2O8S/c1-5-50-38(46)25-14-12-23(13-15-25)22-52-36-27(18-28(41)21-29(36)42)20-32-37(45)44-35(26-16-17-30(48-3)31(19-26)49-4)33(39(47)51-6-2)34(43-40(44)53-32)24-10-8-7-9-11-24/h7-21,35H,5-6,22H2,1-4H3/b32-20-/t35-/m1/s1. The van der Waals surface area contributed by atoms with E-state index in [-0.39, 0.29) is 30.3 Å². The van der Waals surface area contributed by atoms with Gasteiger partial charge in [0.05, 0.1) is 58.4 Å². The molecule has 0 spiro atoms. The van der Waals surface area contributed by atoms with Gasteiger partial charge < -0.3 is 23.7 Å². The first-order chi connectivity index (χ1) is 25.7. The lowest BCUT2D eigenvalue weighted by Crippen LogP contribution is -2.40. The van der Waals surface area contributed by atoms with Crippen molar-refractivity contribution in [3.05, 3.63) is 145 Å². The van der Waals surface area contributed by atoms with Crippen LogP contribution in [-0.2, 0) is 20.9 Å². The molecule has 5 aromatic rings. The van der Waals surface area contributed by atoms with Crippen LogP contribution >= 0.6 is 56.5 Å². The summed E-state index contributed by atoms with van der Waals surface area (Å²) in [6.45, 7) is 4.17. The predicted octanol–water partition coefficient (Wildman–Crippen LogP) is 6.92. The molecule has 2 heterocycles. The van der Waals surface area contributed by atoms with Gasteiger partial charge >= 0.3 is 11.9 Å². The van der Waals surface area contributed by atoms with Crippen LogP contribution in [0.15, 0.2) is 100 Å². The number of carbonyl (C=O) groups excluding carboxylic acids is 2. The Balaban J connectivity index is 1.51. The summed E-state index contributed by atoms with van der Waals surface area (Å²) >= 11 is 5.69. The van der Waals surface area contributed by atoms with Gasteiger partial charge in [-0.15, -0.1) is 0 Å². The molecule has 0 N–H and O–H groups in total. The monoisotopic (exact) mass is 956 g/mol. The lowest BCUT2D eigenvalue weighted by Gasteiger charge is -2.26. The van der Waals surface area contributed by atoms with E-state index in [2.05, 4.69) is 45.2 Å². The van der Waals surface area contributed by atoms with Gasteiger partial charge in [0, 0.05) is 14.7 Å². The van der Waals surface area contributed by atoms with Crippen LogP contribution in [0.25, 0.3) is 11.8 Å². The lowest BCUT2D eigenvalue weighted by atomic mass is 9.93. The molecule has 0 aliphatic carbocycles.